The van der Waals surface area contributed by atoms with Crippen molar-refractivity contribution in [2.45, 2.75) is 13.0 Å². The molecule has 8 heteroatoms. The molecule has 100 valence electrons. The van der Waals surface area contributed by atoms with Crippen LogP contribution in [0.1, 0.15) is 17.4 Å². The lowest BCUT2D eigenvalue weighted by atomic mass is 10.2. The third-order valence-corrected chi connectivity index (χ3v) is 3.95. The quantitative estimate of drug-likeness (QED) is 0.933. The number of fused-ring (bicyclic) bond motifs is 1. The molecule has 0 saturated carbocycles. The van der Waals surface area contributed by atoms with Crippen molar-refractivity contribution in [2.24, 2.45) is 0 Å². The van der Waals surface area contributed by atoms with Crippen molar-refractivity contribution in [3.8, 4) is 6.07 Å². The second-order valence-corrected chi connectivity index (χ2v) is 5.32. The fourth-order valence-electron chi connectivity index (χ4n) is 1.91. The summed E-state index contributed by atoms with van der Waals surface area (Å²) in [6.07, 6.45) is 0. The number of likely N-dealkylation sites (N-methyl/N-ethyl adjacent to an activating group) is 1. The van der Waals surface area contributed by atoms with Crippen LogP contribution in [-0.2, 0) is 4.79 Å². The fourth-order valence-corrected chi connectivity index (χ4v) is 3.10. The summed E-state index contributed by atoms with van der Waals surface area (Å²) in [5.74, 6) is -0.998. The Morgan fingerprint density at radius 1 is 1.79 bits per heavy atom. The van der Waals surface area contributed by atoms with E-state index in [2.05, 4.69) is 11.1 Å². The van der Waals surface area contributed by atoms with Gasteiger partial charge in [0.05, 0.1) is 18.3 Å². The van der Waals surface area contributed by atoms with Gasteiger partial charge in [-0.25, -0.2) is 4.98 Å². The highest BCUT2D eigenvalue weighted by atomic mass is 35.5. The summed E-state index contributed by atoms with van der Waals surface area (Å²) in [5.41, 5.74) is 1.43. The van der Waals surface area contributed by atoms with Gasteiger partial charge in [0.25, 0.3) is 0 Å². The average Bonchev–Trinajstić information content (AvgIpc) is 2.81. The maximum atomic E-state index is 10.8. The van der Waals surface area contributed by atoms with Gasteiger partial charge in [-0.1, -0.05) is 11.6 Å². The number of nitriles is 1. The van der Waals surface area contributed by atoms with Crippen LogP contribution in [0, 0.1) is 18.3 Å². The second-order valence-electron chi connectivity index (χ2n) is 4.12. The van der Waals surface area contributed by atoms with Crippen molar-refractivity contribution in [3.63, 3.8) is 0 Å². The van der Waals surface area contributed by atoms with E-state index >= 15 is 0 Å². The van der Waals surface area contributed by atoms with E-state index in [1.54, 1.807) is 11.4 Å². The second kappa shape index (κ2) is 5.17. The first-order chi connectivity index (χ1) is 8.95. The number of aromatic nitrogens is 2. The van der Waals surface area contributed by atoms with Gasteiger partial charge in [-0.3, -0.25) is 14.1 Å². The molecule has 2 heterocycles. The zero-order valence-corrected chi connectivity index (χ0v) is 11.9. The van der Waals surface area contributed by atoms with Crippen molar-refractivity contribution in [1.29, 1.82) is 5.26 Å². The molecular weight excluding hydrogens is 288 g/mol. The average molecular weight is 299 g/mol. The maximum Gasteiger partial charge on any atom is 0.317 e. The highest BCUT2D eigenvalue weighted by Crippen LogP contribution is 2.30. The maximum absolute atomic E-state index is 10.8. The molecular formula is C11H11ClN4O2S. The van der Waals surface area contributed by atoms with Gasteiger partial charge in [0.15, 0.2) is 10.1 Å². The molecule has 1 N–H and O–H groups in total. The molecule has 2 rings (SSSR count). The Labute approximate surface area is 118 Å². The van der Waals surface area contributed by atoms with Crippen LogP contribution in [0.3, 0.4) is 0 Å². The number of halogens is 1. The van der Waals surface area contributed by atoms with Crippen LogP contribution in [0.4, 0.5) is 0 Å². The number of carboxylic acids is 1. The number of aliphatic carboxylic acids is 1. The molecule has 1 unspecified atom stereocenters. The van der Waals surface area contributed by atoms with E-state index in [1.165, 1.54) is 16.2 Å². The number of carbonyl (C=O) groups is 1. The van der Waals surface area contributed by atoms with Gasteiger partial charge in [-0.05, 0) is 14.0 Å². The van der Waals surface area contributed by atoms with E-state index in [9.17, 15) is 10.1 Å². The van der Waals surface area contributed by atoms with E-state index in [0.29, 0.717) is 10.7 Å². The molecule has 0 aromatic carbocycles. The first-order valence-corrected chi connectivity index (χ1v) is 6.65. The Hall–Kier alpha value is -1.62. The summed E-state index contributed by atoms with van der Waals surface area (Å²) in [5, 5.41) is 20.3. The number of imidazole rings is 1. The summed E-state index contributed by atoms with van der Waals surface area (Å²) in [7, 11) is 1.57. The van der Waals surface area contributed by atoms with E-state index < -0.39 is 12.0 Å². The summed E-state index contributed by atoms with van der Waals surface area (Å²) in [4.78, 5) is 17.1. The van der Waals surface area contributed by atoms with Crippen molar-refractivity contribution in [3.05, 3.63) is 21.9 Å². The molecule has 0 aliphatic carbocycles. The Bertz CT molecular complexity index is 672. The Kier molecular flexibility index (Phi) is 3.75. The van der Waals surface area contributed by atoms with Crippen molar-refractivity contribution < 1.29 is 9.90 Å². The molecule has 0 aliphatic rings. The number of nitrogens with zero attached hydrogens (tertiary/aromatic N) is 4. The molecule has 2 aromatic rings. The monoisotopic (exact) mass is 298 g/mol. The Morgan fingerprint density at radius 3 is 3.05 bits per heavy atom. The predicted octanol–water partition coefficient (Wildman–Crippen LogP) is 1.94. The minimum Gasteiger partial charge on any atom is -0.480 e. The van der Waals surface area contributed by atoms with Crippen LogP contribution < -0.4 is 0 Å². The zero-order chi connectivity index (χ0) is 14.2. The van der Waals surface area contributed by atoms with Crippen molar-refractivity contribution in [2.75, 3.05) is 13.6 Å². The third-order valence-electron chi connectivity index (χ3n) is 2.73. The van der Waals surface area contributed by atoms with Gasteiger partial charge in [-0.15, -0.1) is 11.3 Å². The minimum atomic E-state index is -0.998. The molecule has 0 amide bonds. The molecule has 0 fully saturated rings. The molecule has 0 saturated heterocycles. The summed E-state index contributed by atoms with van der Waals surface area (Å²) < 4.78 is 1.79. The first-order valence-electron chi connectivity index (χ1n) is 5.39. The van der Waals surface area contributed by atoms with Crippen LogP contribution in [0.2, 0.25) is 5.15 Å². The number of thiazole rings is 1. The number of carboxylic acid groups (broad SMARTS) is 1. The third kappa shape index (κ3) is 2.42. The van der Waals surface area contributed by atoms with Gasteiger partial charge < -0.3 is 5.11 Å². The van der Waals surface area contributed by atoms with E-state index in [0.717, 1.165) is 5.69 Å². The zero-order valence-electron chi connectivity index (χ0n) is 10.3. The smallest absolute Gasteiger partial charge is 0.317 e. The van der Waals surface area contributed by atoms with E-state index in [1.807, 2.05) is 12.3 Å². The van der Waals surface area contributed by atoms with Crippen LogP contribution >= 0.6 is 22.9 Å². The summed E-state index contributed by atoms with van der Waals surface area (Å²) in [6.45, 7) is 1.64. The molecule has 0 spiro atoms. The van der Waals surface area contributed by atoms with Crippen LogP contribution in [0.5, 0.6) is 0 Å². The minimum absolute atomic E-state index is 0.235. The highest BCUT2D eigenvalue weighted by Gasteiger charge is 2.26. The van der Waals surface area contributed by atoms with Gasteiger partial charge in [-0.2, -0.15) is 5.26 Å². The standard InChI is InChI=1S/C11H11ClN4O2S/c1-6-5-19-11-14-10(12)9(16(6)11)7(3-13)15(2)4-8(17)18/h5,7H,4H2,1-2H3,(H,17,18). The number of rotatable bonds is 4. The SMILES string of the molecule is Cc1csc2nc(Cl)c(C(C#N)N(C)CC(=O)O)n12. The summed E-state index contributed by atoms with van der Waals surface area (Å²) >= 11 is 7.51. The molecule has 19 heavy (non-hydrogen) atoms. The largest absolute Gasteiger partial charge is 0.480 e. The van der Waals surface area contributed by atoms with Crippen molar-refractivity contribution in [1.82, 2.24) is 14.3 Å². The van der Waals surface area contributed by atoms with Crippen LogP contribution in [0.15, 0.2) is 5.38 Å². The van der Waals surface area contributed by atoms with Gasteiger partial charge in [0.2, 0.25) is 0 Å². The summed E-state index contributed by atoms with van der Waals surface area (Å²) in [6, 6.07) is 1.32. The lowest BCUT2D eigenvalue weighted by molar-refractivity contribution is -0.138. The van der Waals surface area contributed by atoms with Crippen LogP contribution in [0.25, 0.3) is 4.96 Å². The molecule has 0 aliphatic heterocycles. The van der Waals surface area contributed by atoms with Gasteiger partial charge in [0, 0.05) is 11.1 Å². The van der Waals surface area contributed by atoms with E-state index in [4.69, 9.17) is 16.7 Å². The Balaban J connectivity index is 2.52. The molecule has 6 nitrogen and oxygen atoms in total. The predicted molar refractivity (Wildman–Crippen MR) is 71.4 cm³/mol. The van der Waals surface area contributed by atoms with Gasteiger partial charge in [0.1, 0.15) is 6.04 Å². The topological polar surface area (TPSA) is 81.6 Å². The lowest BCUT2D eigenvalue weighted by Crippen LogP contribution is -2.30. The van der Waals surface area contributed by atoms with Gasteiger partial charge >= 0.3 is 5.97 Å². The Morgan fingerprint density at radius 2 is 2.47 bits per heavy atom. The molecule has 1 atom stereocenters. The number of hydrogen-bond acceptors (Lipinski definition) is 5. The van der Waals surface area contributed by atoms with Crippen LogP contribution in [-0.4, -0.2) is 39.0 Å². The first kappa shape index (κ1) is 13.8. The highest BCUT2D eigenvalue weighted by molar-refractivity contribution is 7.15. The number of hydrogen-bond donors (Lipinski definition) is 1. The molecule has 2 aromatic heterocycles. The lowest BCUT2D eigenvalue weighted by Gasteiger charge is -2.20. The fraction of sp³-hybridized carbons (Fsp3) is 0.364. The molecule has 0 bridgehead atoms. The molecule has 0 radical (unpaired) electrons. The normalized spacial score (nSPS) is 12.8. The van der Waals surface area contributed by atoms with E-state index in [-0.39, 0.29) is 11.7 Å². The van der Waals surface area contributed by atoms with Crippen molar-refractivity contribution >= 4 is 33.9 Å². The number of aryl methyl sites for hydroxylation is 1.